The van der Waals surface area contributed by atoms with Gasteiger partial charge in [-0.25, -0.2) is 0 Å². The molecule has 0 atom stereocenters. The Labute approximate surface area is 135 Å². The summed E-state index contributed by atoms with van der Waals surface area (Å²) in [6, 6.07) is 12.6. The van der Waals surface area contributed by atoms with Gasteiger partial charge in [0.25, 0.3) is 0 Å². The van der Waals surface area contributed by atoms with Crippen LogP contribution in [0.5, 0.6) is 0 Å². The number of nitrogen functional groups attached to an aromatic ring is 1. The first-order chi connectivity index (χ1) is 9.54. The zero-order valence-corrected chi connectivity index (χ0v) is 13.6. The molecule has 0 aliphatic heterocycles. The molecule has 0 aromatic heterocycles. The summed E-state index contributed by atoms with van der Waals surface area (Å²) in [7, 11) is 0. The molecule has 0 aliphatic rings. The largest absolute Gasteiger partial charge is 0.399 e. The number of nitrogens with one attached hydrogen (secondary N) is 1. The second-order valence-corrected chi connectivity index (χ2v) is 6.37. The average molecular weight is 372 g/mol. The minimum absolute atomic E-state index is 0.0872. The van der Waals surface area contributed by atoms with Crippen LogP contribution in [0.25, 0.3) is 0 Å². The molecule has 0 unspecified atom stereocenters. The molecule has 2 rings (SSSR count). The molecule has 3 N–H and O–H groups in total. The van der Waals surface area contributed by atoms with Gasteiger partial charge >= 0.3 is 0 Å². The Bertz CT molecular complexity index is 619. The second kappa shape index (κ2) is 7.02. The number of hydrogen-bond acceptors (Lipinski definition) is 3. The Kier molecular flexibility index (Phi) is 5.34. The van der Waals surface area contributed by atoms with Crippen LogP contribution in [0, 0.1) is 0 Å². The number of thioether (sulfide) groups is 1. The molecular weight excluding hydrogens is 360 g/mol. The number of amides is 1. The highest BCUT2D eigenvalue weighted by Gasteiger charge is 2.07. The first-order valence-electron chi connectivity index (χ1n) is 5.78. The first kappa shape index (κ1) is 15.2. The normalized spacial score (nSPS) is 10.3. The van der Waals surface area contributed by atoms with Crippen LogP contribution >= 0.6 is 39.3 Å². The van der Waals surface area contributed by atoms with Crippen molar-refractivity contribution in [3.8, 4) is 0 Å². The Morgan fingerprint density at radius 1 is 1.25 bits per heavy atom. The predicted molar refractivity (Wildman–Crippen MR) is 89.4 cm³/mol. The summed E-state index contributed by atoms with van der Waals surface area (Å²) in [5.41, 5.74) is 7.09. The number of anilines is 2. The van der Waals surface area contributed by atoms with Gasteiger partial charge < -0.3 is 11.1 Å². The van der Waals surface area contributed by atoms with Gasteiger partial charge in [-0.1, -0.05) is 27.5 Å². The lowest BCUT2D eigenvalue weighted by Crippen LogP contribution is -2.13. The monoisotopic (exact) mass is 370 g/mol. The third kappa shape index (κ3) is 4.44. The number of hydrogen-bond donors (Lipinski definition) is 2. The van der Waals surface area contributed by atoms with Crippen molar-refractivity contribution in [2.75, 3.05) is 16.8 Å². The van der Waals surface area contributed by atoms with Crippen molar-refractivity contribution in [1.82, 2.24) is 0 Å². The highest BCUT2D eigenvalue weighted by atomic mass is 79.9. The van der Waals surface area contributed by atoms with Crippen LogP contribution in [-0.2, 0) is 4.79 Å². The van der Waals surface area contributed by atoms with E-state index in [0.717, 1.165) is 15.1 Å². The van der Waals surface area contributed by atoms with Crippen LogP contribution in [0.3, 0.4) is 0 Å². The quantitative estimate of drug-likeness (QED) is 0.618. The molecule has 0 spiro atoms. The third-order valence-electron chi connectivity index (χ3n) is 2.44. The number of rotatable bonds is 4. The van der Waals surface area contributed by atoms with Gasteiger partial charge in [-0.15, -0.1) is 11.8 Å². The predicted octanol–water partition coefficient (Wildman–Crippen LogP) is 4.42. The van der Waals surface area contributed by atoms with E-state index in [1.807, 2.05) is 24.3 Å². The molecule has 0 bridgehead atoms. The van der Waals surface area contributed by atoms with Gasteiger partial charge in [0.1, 0.15) is 0 Å². The molecule has 104 valence electrons. The smallest absolute Gasteiger partial charge is 0.234 e. The zero-order valence-electron chi connectivity index (χ0n) is 10.4. The molecular formula is C14H12BrClN2OS. The summed E-state index contributed by atoms with van der Waals surface area (Å²) in [4.78, 5) is 12.7. The van der Waals surface area contributed by atoms with Crippen LogP contribution in [0.15, 0.2) is 51.8 Å². The van der Waals surface area contributed by atoms with Crippen molar-refractivity contribution < 1.29 is 4.79 Å². The number of carbonyl (C=O) groups excluding carboxylic acids is 1. The van der Waals surface area contributed by atoms with E-state index < -0.39 is 0 Å². The van der Waals surface area contributed by atoms with E-state index in [1.54, 1.807) is 18.2 Å². The summed E-state index contributed by atoms with van der Waals surface area (Å²) < 4.78 is 0.969. The minimum Gasteiger partial charge on any atom is -0.399 e. The van der Waals surface area contributed by atoms with Crippen molar-refractivity contribution in [3.05, 3.63) is 52.0 Å². The summed E-state index contributed by atoms with van der Waals surface area (Å²) in [6.45, 7) is 0. The van der Waals surface area contributed by atoms with Crippen LogP contribution in [-0.4, -0.2) is 11.7 Å². The van der Waals surface area contributed by atoms with Crippen molar-refractivity contribution in [2.24, 2.45) is 0 Å². The summed E-state index contributed by atoms with van der Waals surface area (Å²) >= 11 is 10.7. The van der Waals surface area contributed by atoms with Crippen molar-refractivity contribution in [1.29, 1.82) is 0 Å². The van der Waals surface area contributed by atoms with Crippen LogP contribution in [0.2, 0.25) is 5.02 Å². The van der Waals surface area contributed by atoms with Crippen LogP contribution < -0.4 is 11.1 Å². The maximum Gasteiger partial charge on any atom is 0.234 e. The topological polar surface area (TPSA) is 55.1 Å². The fraction of sp³-hybridized carbons (Fsp3) is 0.0714. The Hall–Kier alpha value is -1.17. The summed E-state index contributed by atoms with van der Waals surface area (Å²) in [5.74, 6) is 0.190. The fourth-order valence-corrected chi connectivity index (χ4v) is 2.83. The van der Waals surface area contributed by atoms with E-state index in [2.05, 4.69) is 21.2 Å². The third-order valence-corrected chi connectivity index (χ3v) is 4.47. The Balaban J connectivity index is 1.92. The standard InChI is InChI=1S/C14H12BrClN2OS/c15-9-1-4-11(5-2-9)18-14(19)8-20-13-7-10(17)3-6-12(13)16/h1-7H,8,17H2,(H,18,19). The molecule has 0 saturated heterocycles. The maximum atomic E-state index is 11.8. The minimum atomic E-state index is -0.0872. The molecule has 1 amide bonds. The van der Waals surface area contributed by atoms with Gasteiger partial charge in [0.2, 0.25) is 5.91 Å². The maximum absolute atomic E-state index is 11.8. The molecule has 0 heterocycles. The van der Waals surface area contributed by atoms with Gasteiger partial charge in [0, 0.05) is 20.7 Å². The van der Waals surface area contributed by atoms with Crippen molar-refractivity contribution >= 4 is 56.6 Å². The molecule has 2 aromatic rings. The lowest BCUT2D eigenvalue weighted by atomic mass is 10.3. The molecule has 2 aromatic carbocycles. The average Bonchev–Trinajstić information content (AvgIpc) is 2.42. The van der Waals surface area contributed by atoms with E-state index in [-0.39, 0.29) is 11.7 Å². The Morgan fingerprint density at radius 3 is 2.65 bits per heavy atom. The second-order valence-electron chi connectivity index (χ2n) is 4.03. The SMILES string of the molecule is Nc1ccc(Cl)c(SCC(=O)Nc2ccc(Br)cc2)c1. The molecule has 0 fully saturated rings. The molecule has 0 saturated carbocycles. The Morgan fingerprint density at radius 2 is 1.95 bits per heavy atom. The van der Waals surface area contributed by atoms with Crippen LogP contribution in [0.1, 0.15) is 0 Å². The van der Waals surface area contributed by atoms with Gasteiger partial charge in [-0.05, 0) is 42.5 Å². The lowest BCUT2D eigenvalue weighted by molar-refractivity contribution is -0.113. The van der Waals surface area contributed by atoms with E-state index in [4.69, 9.17) is 17.3 Å². The zero-order chi connectivity index (χ0) is 14.5. The van der Waals surface area contributed by atoms with Crippen molar-refractivity contribution in [3.63, 3.8) is 0 Å². The van der Waals surface area contributed by atoms with E-state index in [0.29, 0.717) is 10.7 Å². The molecule has 20 heavy (non-hydrogen) atoms. The summed E-state index contributed by atoms with van der Waals surface area (Å²) in [6.07, 6.45) is 0. The molecule has 6 heteroatoms. The lowest BCUT2D eigenvalue weighted by Gasteiger charge is -2.07. The molecule has 0 radical (unpaired) electrons. The number of carbonyl (C=O) groups is 1. The fourth-order valence-electron chi connectivity index (χ4n) is 1.50. The number of halogens is 2. The van der Waals surface area contributed by atoms with Gasteiger partial charge in [-0.3, -0.25) is 4.79 Å². The molecule has 0 aliphatic carbocycles. The van der Waals surface area contributed by atoms with Gasteiger partial charge in [0.15, 0.2) is 0 Å². The van der Waals surface area contributed by atoms with Gasteiger partial charge in [0.05, 0.1) is 10.8 Å². The number of nitrogens with two attached hydrogens (primary N) is 1. The van der Waals surface area contributed by atoms with Crippen molar-refractivity contribution in [2.45, 2.75) is 4.90 Å². The van der Waals surface area contributed by atoms with Crippen LogP contribution in [0.4, 0.5) is 11.4 Å². The van der Waals surface area contributed by atoms with E-state index in [1.165, 1.54) is 11.8 Å². The highest BCUT2D eigenvalue weighted by Crippen LogP contribution is 2.29. The van der Waals surface area contributed by atoms with E-state index in [9.17, 15) is 4.79 Å². The first-order valence-corrected chi connectivity index (χ1v) is 7.93. The highest BCUT2D eigenvalue weighted by molar-refractivity contribution is 9.10. The summed E-state index contributed by atoms with van der Waals surface area (Å²) in [5, 5.41) is 3.42. The van der Waals surface area contributed by atoms with Gasteiger partial charge in [-0.2, -0.15) is 0 Å². The van der Waals surface area contributed by atoms with E-state index >= 15 is 0 Å². The number of benzene rings is 2. The molecule has 3 nitrogen and oxygen atoms in total.